The van der Waals surface area contributed by atoms with Crippen molar-refractivity contribution < 1.29 is 14.3 Å². The highest BCUT2D eigenvalue weighted by Crippen LogP contribution is 2.28. The SMILES string of the molecule is COc1cccc(N2CC(C(=O)NC(C)c3ccc(Br)cc3)CC2=O)c1. The number of carbonyl (C=O) groups is 2. The number of halogens is 1. The van der Waals surface area contributed by atoms with Crippen LogP contribution < -0.4 is 15.0 Å². The van der Waals surface area contributed by atoms with Crippen molar-refractivity contribution in [2.75, 3.05) is 18.6 Å². The van der Waals surface area contributed by atoms with Crippen molar-refractivity contribution in [3.05, 3.63) is 58.6 Å². The summed E-state index contributed by atoms with van der Waals surface area (Å²) in [6, 6.07) is 15.0. The number of nitrogens with one attached hydrogen (secondary N) is 1. The van der Waals surface area contributed by atoms with Gasteiger partial charge in [-0.15, -0.1) is 0 Å². The van der Waals surface area contributed by atoms with Gasteiger partial charge in [0, 0.05) is 29.2 Å². The van der Waals surface area contributed by atoms with E-state index in [1.165, 1.54) is 0 Å². The van der Waals surface area contributed by atoms with Crippen LogP contribution in [0.1, 0.15) is 24.9 Å². The van der Waals surface area contributed by atoms with Gasteiger partial charge in [0.25, 0.3) is 0 Å². The maximum Gasteiger partial charge on any atom is 0.227 e. The third kappa shape index (κ3) is 4.07. The van der Waals surface area contributed by atoms with Gasteiger partial charge >= 0.3 is 0 Å². The van der Waals surface area contributed by atoms with Gasteiger partial charge in [-0.25, -0.2) is 0 Å². The smallest absolute Gasteiger partial charge is 0.227 e. The first kappa shape index (κ1) is 18.5. The number of ether oxygens (including phenoxy) is 1. The van der Waals surface area contributed by atoms with E-state index < -0.39 is 0 Å². The maximum atomic E-state index is 12.6. The molecule has 26 heavy (non-hydrogen) atoms. The van der Waals surface area contributed by atoms with Crippen LogP contribution in [0.3, 0.4) is 0 Å². The normalized spacial score (nSPS) is 17.9. The molecule has 1 aliphatic rings. The van der Waals surface area contributed by atoms with E-state index >= 15 is 0 Å². The van der Waals surface area contributed by atoms with Crippen LogP contribution in [-0.4, -0.2) is 25.5 Å². The van der Waals surface area contributed by atoms with Crippen LogP contribution >= 0.6 is 15.9 Å². The van der Waals surface area contributed by atoms with E-state index in [0.717, 1.165) is 15.7 Å². The maximum absolute atomic E-state index is 12.6. The third-order valence-corrected chi connectivity index (χ3v) is 5.12. The molecule has 5 nitrogen and oxygen atoms in total. The fourth-order valence-electron chi connectivity index (χ4n) is 3.08. The molecule has 0 aliphatic carbocycles. The lowest BCUT2D eigenvalue weighted by atomic mass is 10.1. The van der Waals surface area contributed by atoms with Crippen LogP contribution in [0.15, 0.2) is 53.0 Å². The Kier molecular flexibility index (Phi) is 5.61. The molecule has 6 heteroatoms. The molecule has 0 aromatic heterocycles. The van der Waals surface area contributed by atoms with E-state index in [1.54, 1.807) is 12.0 Å². The van der Waals surface area contributed by atoms with Gasteiger partial charge in [0.1, 0.15) is 5.75 Å². The number of carbonyl (C=O) groups excluding carboxylic acids is 2. The molecule has 0 spiro atoms. The van der Waals surface area contributed by atoms with E-state index in [9.17, 15) is 9.59 Å². The van der Waals surface area contributed by atoms with Crippen LogP contribution in [0, 0.1) is 5.92 Å². The van der Waals surface area contributed by atoms with Gasteiger partial charge in [-0.05, 0) is 36.8 Å². The number of amides is 2. The average molecular weight is 417 g/mol. The molecule has 2 unspecified atom stereocenters. The minimum absolute atomic E-state index is 0.0466. The molecule has 1 fully saturated rings. The number of methoxy groups -OCH3 is 1. The molecular weight excluding hydrogens is 396 g/mol. The summed E-state index contributed by atoms with van der Waals surface area (Å²) in [5, 5.41) is 3.01. The van der Waals surface area contributed by atoms with E-state index in [2.05, 4.69) is 21.2 Å². The van der Waals surface area contributed by atoms with Crippen molar-refractivity contribution in [3.63, 3.8) is 0 Å². The number of benzene rings is 2. The lowest BCUT2D eigenvalue weighted by Crippen LogP contribution is -2.34. The molecule has 2 amide bonds. The number of rotatable bonds is 5. The predicted molar refractivity (Wildman–Crippen MR) is 104 cm³/mol. The van der Waals surface area contributed by atoms with Crippen molar-refractivity contribution in [1.82, 2.24) is 5.32 Å². The third-order valence-electron chi connectivity index (χ3n) is 4.59. The Bertz CT molecular complexity index is 807. The molecule has 1 heterocycles. The zero-order chi connectivity index (χ0) is 18.7. The standard InChI is InChI=1S/C20H21BrN2O3/c1-13(14-6-8-16(21)9-7-14)22-20(25)15-10-19(24)23(12-15)17-4-3-5-18(11-17)26-2/h3-9,11,13,15H,10,12H2,1-2H3,(H,22,25). The van der Waals surface area contributed by atoms with E-state index in [1.807, 2.05) is 55.5 Å². The number of anilines is 1. The highest BCUT2D eigenvalue weighted by atomic mass is 79.9. The fraction of sp³-hybridized carbons (Fsp3) is 0.300. The first-order valence-corrected chi connectivity index (χ1v) is 9.27. The molecule has 0 radical (unpaired) electrons. The number of hydrogen-bond acceptors (Lipinski definition) is 3. The lowest BCUT2D eigenvalue weighted by Gasteiger charge is -2.19. The average Bonchev–Trinajstić information content (AvgIpc) is 3.04. The van der Waals surface area contributed by atoms with E-state index in [-0.39, 0.29) is 30.2 Å². The van der Waals surface area contributed by atoms with Crippen molar-refractivity contribution >= 4 is 33.4 Å². The van der Waals surface area contributed by atoms with Crippen LogP contribution in [0.5, 0.6) is 5.75 Å². The Morgan fingerprint density at radius 3 is 2.69 bits per heavy atom. The molecule has 0 bridgehead atoms. The van der Waals surface area contributed by atoms with E-state index in [0.29, 0.717) is 12.3 Å². The van der Waals surface area contributed by atoms with Crippen molar-refractivity contribution in [3.8, 4) is 5.75 Å². The van der Waals surface area contributed by atoms with Crippen LogP contribution in [0.2, 0.25) is 0 Å². The Hall–Kier alpha value is -2.34. The topological polar surface area (TPSA) is 58.6 Å². The number of hydrogen-bond donors (Lipinski definition) is 1. The Morgan fingerprint density at radius 1 is 1.27 bits per heavy atom. The van der Waals surface area contributed by atoms with Gasteiger partial charge in [0.15, 0.2) is 0 Å². The second-order valence-corrected chi connectivity index (χ2v) is 7.30. The zero-order valence-corrected chi connectivity index (χ0v) is 16.3. The summed E-state index contributed by atoms with van der Waals surface area (Å²) in [7, 11) is 1.59. The second kappa shape index (κ2) is 7.91. The predicted octanol–water partition coefficient (Wildman–Crippen LogP) is 3.69. The lowest BCUT2D eigenvalue weighted by molar-refractivity contribution is -0.126. The molecule has 2 aromatic rings. The first-order valence-electron chi connectivity index (χ1n) is 8.48. The Balaban J connectivity index is 1.65. The van der Waals surface area contributed by atoms with Gasteiger partial charge in [-0.1, -0.05) is 34.1 Å². The van der Waals surface area contributed by atoms with Gasteiger partial charge in [-0.2, -0.15) is 0 Å². The summed E-state index contributed by atoms with van der Waals surface area (Å²) >= 11 is 3.41. The first-order chi connectivity index (χ1) is 12.5. The van der Waals surface area contributed by atoms with E-state index in [4.69, 9.17) is 4.74 Å². The van der Waals surface area contributed by atoms with Gasteiger partial charge in [0.05, 0.1) is 19.1 Å². The largest absolute Gasteiger partial charge is 0.497 e. The molecule has 2 aromatic carbocycles. The summed E-state index contributed by atoms with van der Waals surface area (Å²) in [5.41, 5.74) is 1.78. The molecule has 1 aliphatic heterocycles. The minimum Gasteiger partial charge on any atom is -0.497 e. The molecule has 1 N–H and O–H groups in total. The summed E-state index contributed by atoms with van der Waals surface area (Å²) in [5.74, 6) is 0.188. The van der Waals surface area contributed by atoms with Crippen molar-refractivity contribution in [2.24, 2.45) is 5.92 Å². The second-order valence-electron chi connectivity index (χ2n) is 6.39. The summed E-state index contributed by atoms with van der Waals surface area (Å²) in [4.78, 5) is 26.6. The van der Waals surface area contributed by atoms with Gasteiger partial charge < -0.3 is 15.0 Å². The number of nitrogens with zero attached hydrogens (tertiary/aromatic N) is 1. The van der Waals surface area contributed by atoms with Gasteiger partial charge in [0.2, 0.25) is 11.8 Å². The molecule has 0 saturated carbocycles. The summed E-state index contributed by atoms with van der Waals surface area (Å²) in [6.07, 6.45) is 0.218. The molecule has 1 saturated heterocycles. The van der Waals surface area contributed by atoms with Crippen LogP contribution in [0.4, 0.5) is 5.69 Å². The quantitative estimate of drug-likeness (QED) is 0.808. The fourth-order valence-corrected chi connectivity index (χ4v) is 3.34. The van der Waals surface area contributed by atoms with Crippen molar-refractivity contribution in [2.45, 2.75) is 19.4 Å². The van der Waals surface area contributed by atoms with Gasteiger partial charge in [-0.3, -0.25) is 9.59 Å². The summed E-state index contributed by atoms with van der Waals surface area (Å²) < 4.78 is 6.21. The van der Waals surface area contributed by atoms with Crippen LogP contribution in [-0.2, 0) is 9.59 Å². The van der Waals surface area contributed by atoms with Crippen LogP contribution in [0.25, 0.3) is 0 Å². The highest BCUT2D eigenvalue weighted by Gasteiger charge is 2.35. The summed E-state index contributed by atoms with van der Waals surface area (Å²) in [6.45, 7) is 2.32. The molecular formula is C20H21BrN2O3. The highest BCUT2D eigenvalue weighted by molar-refractivity contribution is 9.10. The minimum atomic E-state index is -0.355. The monoisotopic (exact) mass is 416 g/mol. The molecule has 3 rings (SSSR count). The Labute approximate surface area is 161 Å². The molecule has 2 atom stereocenters. The van der Waals surface area contributed by atoms with Crippen molar-refractivity contribution in [1.29, 1.82) is 0 Å². The molecule has 136 valence electrons. The Morgan fingerprint density at radius 2 is 2.00 bits per heavy atom. The zero-order valence-electron chi connectivity index (χ0n) is 14.7.